The fourth-order valence-corrected chi connectivity index (χ4v) is 7.85. The van der Waals surface area contributed by atoms with Gasteiger partial charge in [-0.1, -0.05) is 55.7 Å². The van der Waals surface area contributed by atoms with Crippen LogP contribution in [0.5, 0.6) is 0 Å². The Morgan fingerprint density at radius 1 is 1.11 bits per heavy atom. The van der Waals surface area contributed by atoms with Gasteiger partial charge in [-0.05, 0) is 12.1 Å². The molecule has 0 amide bonds. The topological polar surface area (TPSA) is 40.6 Å². The van der Waals surface area contributed by atoms with Gasteiger partial charge in [0.25, 0.3) is 0 Å². The van der Waals surface area contributed by atoms with E-state index in [4.69, 9.17) is 54.9 Å². The van der Waals surface area contributed by atoms with Crippen LogP contribution < -0.4 is 0 Å². The molecule has 1 aromatic carbocycles. The second kappa shape index (κ2) is 8.07. The number of aromatic nitrogens is 1. The van der Waals surface area contributed by atoms with Crippen molar-refractivity contribution in [1.29, 1.82) is 0 Å². The molecule has 0 N–H and O–H groups in total. The smallest absolute Gasteiger partial charge is 0.377 e. The van der Waals surface area contributed by atoms with Crippen LogP contribution in [0, 0.1) is 12.3 Å². The summed E-state index contributed by atoms with van der Waals surface area (Å²) >= 11 is 18.7. The summed E-state index contributed by atoms with van der Waals surface area (Å²) in [5.74, 6) is -0.114. The molecule has 1 aliphatic rings. The van der Waals surface area contributed by atoms with Crippen LogP contribution >= 0.6 is 48.0 Å². The van der Waals surface area contributed by atoms with Gasteiger partial charge in [0.1, 0.15) is 5.01 Å². The lowest BCUT2D eigenvalue weighted by atomic mass is 9.71. The van der Waals surface area contributed by atoms with Crippen LogP contribution in [-0.4, -0.2) is 49.7 Å². The predicted octanol–water partition coefficient (Wildman–Crippen LogP) is 4.38. The van der Waals surface area contributed by atoms with E-state index in [9.17, 15) is 0 Å². The standard InChI is InChI=1S/C18H20NO3S4Si/c1-11-15(24)13(23)9-18(16(11)25,10-27(20-2,21-3)22-4)17-19-12-7-5-6-8-14(12)26-17/h5-9,11H,10H2,1-4H3. The predicted molar refractivity (Wildman–Crippen MR) is 124 cm³/mol. The fraction of sp³-hybridized carbons (Fsp3) is 0.389. The second-order valence-electron chi connectivity index (χ2n) is 6.39. The molecule has 0 spiro atoms. The average Bonchev–Trinajstić information content (AvgIpc) is 3.13. The molecule has 0 aliphatic heterocycles. The van der Waals surface area contributed by atoms with Gasteiger partial charge in [-0.15, -0.1) is 11.3 Å². The summed E-state index contributed by atoms with van der Waals surface area (Å²) in [6.45, 7) is 2.00. The van der Waals surface area contributed by atoms with E-state index in [0.717, 1.165) is 20.1 Å². The highest BCUT2D eigenvalue weighted by atomic mass is 32.1. The molecule has 1 aliphatic carbocycles. The minimum atomic E-state index is -2.99. The van der Waals surface area contributed by atoms with Gasteiger partial charge >= 0.3 is 8.80 Å². The lowest BCUT2D eigenvalue weighted by Gasteiger charge is -2.42. The van der Waals surface area contributed by atoms with Crippen molar-refractivity contribution in [2.45, 2.75) is 18.4 Å². The molecule has 1 fully saturated rings. The molecule has 1 saturated carbocycles. The Balaban J connectivity index is 2.21. The maximum Gasteiger partial charge on any atom is 0.501 e. The number of benzene rings is 1. The maximum absolute atomic E-state index is 5.93. The largest absolute Gasteiger partial charge is 0.501 e. The highest BCUT2D eigenvalue weighted by Crippen LogP contribution is 2.46. The molecule has 1 heterocycles. The fourth-order valence-electron chi connectivity index (χ4n) is 3.34. The number of fused-ring (bicyclic) bond motifs is 1. The molecule has 143 valence electrons. The van der Waals surface area contributed by atoms with Crippen molar-refractivity contribution >= 4 is 81.6 Å². The first-order valence-electron chi connectivity index (χ1n) is 8.32. The third kappa shape index (κ3) is 3.60. The van der Waals surface area contributed by atoms with Gasteiger partial charge in [0, 0.05) is 54.3 Å². The minimum Gasteiger partial charge on any atom is -0.377 e. The third-order valence-corrected chi connectivity index (χ3v) is 10.8. The molecule has 27 heavy (non-hydrogen) atoms. The molecule has 2 unspecified atom stereocenters. The molecular formula is C18H20NO3S4Si. The highest BCUT2D eigenvalue weighted by Gasteiger charge is 2.56. The molecule has 4 nitrogen and oxygen atoms in total. The van der Waals surface area contributed by atoms with Crippen LogP contribution in [0.25, 0.3) is 10.2 Å². The second-order valence-corrected chi connectivity index (χ2v) is 11.7. The molecule has 9 heteroatoms. The van der Waals surface area contributed by atoms with Gasteiger partial charge in [0.05, 0.1) is 15.6 Å². The van der Waals surface area contributed by atoms with Crippen molar-refractivity contribution in [2.24, 2.45) is 5.92 Å². The van der Waals surface area contributed by atoms with Gasteiger partial charge in [0.15, 0.2) is 0 Å². The van der Waals surface area contributed by atoms with E-state index in [1.807, 2.05) is 31.5 Å². The third-order valence-electron chi connectivity index (χ3n) is 4.95. The Kier molecular flexibility index (Phi) is 6.34. The first-order valence-corrected chi connectivity index (χ1v) is 12.3. The van der Waals surface area contributed by atoms with Crippen LogP contribution in [0.15, 0.2) is 24.3 Å². The van der Waals surface area contributed by atoms with E-state index < -0.39 is 14.2 Å². The van der Waals surface area contributed by atoms with E-state index >= 15 is 0 Å². The summed E-state index contributed by atoms with van der Waals surface area (Å²) in [4.78, 5) is 7.01. The van der Waals surface area contributed by atoms with Gasteiger partial charge in [-0.3, -0.25) is 0 Å². The summed E-state index contributed by atoms with van der Waals surface area (Å²) in [6, 6.07) is 8.45. The normalized spacial score (nSPS) is 24.0. The Bertz CT molecular complexity index is 870. The monoisotopic (exact) mass is 454 g/mol. The molecule has 1 radical (unpaired) electrons. The zero-order valence-electron chi connectivity index (χ0n) is 15.5. The highest BCUT2D eigenvalue weighted by molar-refractivity contribution is 7.90. The number of para-hydroxylation sites is 1. The van der Waals surface area contributed by atoms with Crippen LogP contribution in [0.1, 0.15) is 11.9 Å². The van der Waals surface area contributed by atoms with Crippen LogP contribution in [-0.2, 0) is 18.7 Å². The number of nitrogens with zero attached hydrogens (tertiary/aromatic N) is 1. The van der Waals surface area contributed by atoms with Crippen molar-refractivity contribution in [3.8, 4) is 0 Å². The average molecular weight is 455 g/mol. The summed E-state index contributed by atoms with van der Waals surface area (Å²) in [7, 11) is 1.82. The van der Waals surface area contributed by atoms with Crippen molar-refractivity contribution in [2.75, 3.05) is 21.3 Å². The van der Waals surface area contributed by atoms with Gasteiger partial charge in [0.2, 0.25) is 0 Å². The molecular weight excluding hydrogens is 435 g/mol. The first kappa shape index (κ1) is 21.2. The number of thiazole rings is 1. The van der Waals surface area contributed by atoms with E-state index in [1.54, 1.807) is 32.7 Å². The minimum absolute atomic E-state index is 0.114. The Labute approximate surface area is 180 Å². The lowest BCUT2D eigenvalue weighted by molar-refractivity contribution is 0.120. The van der Waals surface area contributed by atoms with E-state index in [0.29, 0.717) is 15.8 Å². The van der Waals surface area contributed by atoms with Crippen molar-refractivity contribution in [3.63, 3.8) is 0 Å². The van der Waals surface area contributed by atoms with Gasteiger partial charge < -0.3 is 13.3 Å². The van der Waals surface area contributed by atoms with Crippen LogP contribution in [0.3, 0.4) is 0 Å². The Morgan fingerprint density at radius 2 is 1.74 bits per heavy atom. The van der Waals surface area contributed by atoms with Crippen LogP contribution in [0.4, 0.5) is 0 Å². The summed E-state index contributed by atoms with van der Waals surface area (Å²) in [5.41, 5.74) is 0.214. The molecule has 2 atom stereocenters. The molecule has 2 aromatic rings. The number of thiocarbonyl (C=S) groups is 3. The quantitative estimate of drug-likeness (QED) is 0.474. The van der Waals surface area contributed by atoms with E-state index in [1.165, 1.54) is 0 Å². The lowest BCUT2D eigenvalue weighted by Crippen LogP contribution is -2.56. The van der Waals surface area contributed by atoms with Crippen molar-refractivity contribution < 1.29 is 13.3 Å². The maximum atomic E-state index is 5.93. The van der Waals surface area contributed by atoms with E-state index in [-0.39, 0.29) is 5.92 Å². The Morgan fingerprint density at radius 3 is 2.33 bits per heavy atom. The van der Waals surface area contributed by atoms with E-state index in [2.05, 4.69) is 6.07 Å². The SMILES string of the molecule is CO[Si](CC1(c2nc3ccccc3s2)[CH]C(=S)C(=S)C(C)C1=S)(OC)OC. The van der Waals surface area contributed by atoms with Crippen molar-refractivity contribution in [3.05, 3.63) is 35.7 Å². The van der Waals surface area contributed by atoms with Crippen LogP contribution in [0.2, 0.25) is 6.04 Å². The zero-order valence-corrected chi connectivity index (χ0v) is 19.7. The van der Waals surface area contributed by atoms with Gasteiger partial charge in [-0.25, -0.2) is 4.98 Å². The molecule has 0 bridgehead atoms. The number of hydrogen-bond donors (Lipinski definition) is 0. The molecule has 3 rings (SSSR count). The summed E-state index contributed by atoms with van der Waals surface area (Å²) < 4.78 is 18.3. The van der Waals surface area contributed by atoms with Gasteiger partial charge in [-0.2, -0.15) is 0 Å². The number of rotatable bonds is 6. The zero-order chi connectivity index (χ0) is 19.8. The Hall–Kier alpha value is -0.523. The first-order chi connectivity index (χ1) is 12.8. The summed E-state index contributed by atoms with van der Waals surface area (Å²) in [6.07, 6.45) is 1.96. The summed E-state index contributed by atoms with van der Waals surface area (Å²) in [5, 5.41) is 0.869. The molecule has 0 saturated heterocycles. The van der Waals surface area contributed by atoms with Crippen molar-refractivity contribution in [1.82, 2.24) is 4.98 Å². The number of hydrogen-bond acceptors (Lipinski definition) is 8. The molecule has 1 aromatic heterocycles.